The summed E-state index contributed by atoms with van der Waals surface area (Å²) < 4.78 is 11.5. The molecule has 0 saturated carbocycles. The number of oxazole rings is 1. The first-order valence-electron chi connectivity index (χ1n) is 6.44. The normalized spacial score (nSPS) is 20.0. The van der Waals surface area contributed by atoms with E-state index in [1.54, 1.807) is 24.4 Å². The predicted octanol–water partition coefficient (Wildman–Crippen LogP) is 3.71. The maximum Gasteiger partial charge on any atom is 0.181 e. The van der Waals surface area contributed by atoms with Crippen LogP contribution in [0.3, 0.4) is 0 Å². The minimum absolute atomic E-state index is 0.193. The lowest BCUT2D eigenvalue weighted by Gasteiger charge is -2.22. The van der Waals surface area contributed by atoms with Gasteiger partial charge in [0.25, 0.3) is 0 Å². The Balaban J connectivity index is 1.85. The molecule has 106 valence electrons. The van der Waals surface area contributed by atoms with Crippen molar-refractivity contribution in [3.63, 3.8) is 0 Å². The Kier molecular flexibility index (Phi) is 4.15. The average molecular weight is 313 g/mol. The van der Waals surface area contributed by atoms with Crippen LogP contribution >= 0.6 is 23.2 Å². The highest BCUT2D eigenvalue weighted by atomic mass is 35.5. The van der Waals surface area contributed by atoms with Crippen molar-refractivity contribution in [3.8, 4) is 5.75 Å². The van der Waals surface area contributed by atoms with Crippen LogP contribution < -0.4 is 10.1 Å². The molecule has 4 nitrogen and oxygen atoms in total. The predicted molar refractivity (Wildman–Crippen MR) is 77.3 cm³/mol. The highest BCUT2D eigenvalue weighted by Gasteiger charge is 2.30. The second-order valence-electron chi connectivity index (χ2n) is 4.80. The van der Waals surface area contributed by atoms with Gasteiger partial charge in [-0.2, -0.15) is 0 Å². The highest BCUT2D eigenvalue weighted by Crippen LogP contribution is 2.34. The summed E-state index contributed by atoms with van der Waals surface area (Å²) >= 11 is 12.0. The van der Waals surface area contributed by atoms with Gasteiger partial charge in [-0.05, 0) is 31.2 Å². The third-order valence-electron chi connectivity index (χ3n) is 3.36. The van der Waals surface area contributed by atoms with E-state index in [0.29, 0.717) is 21.7 Å². The molecule has 0 radical (unpaired) electrons. The van der Waals surface area contributed by atoms with Gasteiger partial charge in [0, 0.05) is 22.5 Å². The van der Waals surface area contributed by atoms with Crippen molar-refractivity contribution in [2.45, 2.75) is 12.5 Å². The lowest BCUT2D eigenvalue weighted by molar-refractivity contribution is 0.120. The number of benzene rings is 1. The molecule has 1 aliphatic rings. The SMILES string of the molecule is Clc1cc(Cl)cc(O[C@H](c2cnco2)C2CCNC2)c1. The van der Waals surface area contributed by atoms with Crippen molar-refractivity contribution >= 4 is 23.2 Å². The lowest BCUT2D eigenvalue weighted by Crippen LogP contribution is -2.21. The van der Waals surface area contributed by atoms with Crippen LogP contribution in [-0.2, 0) is 0 Å². The van der Waals surface area contributed by atoms with Crippen LogP contribution in [0.5, 0.6) is 5.75 Å². The van der Waals surface area contributed by atoms with Gasteiger partial charge in [0.1, 0.15) is 5.75 Å². The highest BCUT2D eigenvalue weighted by molar-refractivity contribution is 6.34. The molecule has 0 aliphatic carbocycles. The summed E-state index contributed by atoms with van der Waals surface area (Å²) in [6.07, 6.45) is 3.94. The molecule has 1 fully saturated rings. The largest absolute Gasteiger partial charge is 0.482 e. The monoisotopic (exact) mass is 312 g/mol. The van der Waals surface area contributed by atoms with Crippen molar-refractivity contribution in [1.82, 2.24) is 10.3 Å². The Morgan fingerprint density at radius 2 is 2.10 bits per heavy atom. The molecule has 3 rings (SSSR count). The maximum absolute atomic E-state index is 6.06. The van der Waals surface area contributed by atoms with Crippen molar-refractivity contribution in [3.05, 3.63) is 46.6 Å². The first-order chi connectivity index (χ1) is 9.72. The first kappa shape index (κ1) is 13.7. The van der Waals surface area contributed by atoms with Gasteiger partial charge < -0.3 is 14.5 Å². The van der Waals surface area contributed by atoms with E-state index in [-0.39, 0.29) is 6.10 Å². The quantitative estimate of drug-likeness (QED) is 0.935. The number of halogens is 2. The molecule has 2 aromatic rings. The lowest BCUT2D eigenvalue weighted by atomic mass is 10.00. The molecule has 0 amide bonds. The van der Waals surface area contributed by atoms with Gasteiger partial charge in [0.2, 0.25) is 0 Å². The van der Waals surface area contributed by atoms with Crippen LogP contribution in [0.2, 0.25) is 10.0 Å². The fourth-order valence-electron chi connectivity index (χ4n) is 2.43. The number of nitrogens with one attached hydrogen (secondary N) is 1. The Hall–Kier alpha value is -1.23. The smallest absolute Gasteiger partial charge is 0.181 e. The molecule has 20 heavy (non-hydrogen) atoms. The molecular formula is C14H14Cl2N2O2. The van der Waals surface area contributed by atoms with E-state index >= 15 is 0 Å². The van der Waals surface area contributed by atoms with E-state index in [0.717, 1.165) is 25.3 Å². The summed E-state index contributed by atoms with van der Waals surface area (Å²) in [5.74, 6) is 1.69. The molecule has 2 heterocycles. The summed E-state index contributed by atoms with van der Waals surface area (Å²) in [5, 5.41) is 4.43. The van der Waals surface area contributed by atoms with Gasteiger partial charge in [0.15, 0.2) is 18.3 Å². The third-order valence-corrected chi connectivity index (χ3v) is 3.79. The van der Waals surface area contributed by atoms with E-state index in [4.69, 9.17) is 32.4 Å². The molecular weight excluding hydrogens is 299 g/mol. The van der Waals surface area contributed by atoms with Gasteiger partial charge in [0.05, 0.1) is 6.20 Å². The summed E-state index contributed by atoms with van der Waals surface area (Å²) in [7, 11) is 0. The topological polar surface area (TPSA) is 47.3 Å². The van der Waals surface area contributed by atoms with Crippen molar-refractivity contribution in [2.24, 2.45) is 5.92 Å². The molecule has 0 spiro atoms. The van der Waals surface area contributed by atoms with Gasteiger partial charge >= 0.3 is 0 Å². The molecule has 1 aromatic heterocycles. The average Bonchev–Trinajstić information content (AvgIpc) is 3.08. The van der Waals surface area contributed by atoms with Crippen LogP contribution in [0.1, 0.15) is 18.3 Å². The zero-order valence-electron chi connectivity index (χ0n) is 10.7. The first-order valence-corrected chi connectivity index (χ1v) is 7.20. The molecule has 2 atom stereocenters. The maximum atomic E-state index is 6.06. The van der Waals surface area contributed by atoms with Crippen molar-refractivity contribution < 1.29 is 9.15 Å². The zero-order chi connectivity index (χ0) is 13.9. The zero-order valence-corrected chi connectivity index (χ0v) is 12.2. The fraction of sp³-hybridized carbons (Fsp3) is 0.357. The minimum Gasteiger partial charge on any atom is -0.482 e. The number of aromatic nitrogens is 1. The number of hydrogen-bond acceptors (Lipinski definition) is 4. The van der Waals surface area contributed by atoms with Crippen LogP contribution in [0.4, 0.5) is 0 Å². The van der Waals surface area contributed by atoms with Gasteiger partial charge in [-0.3, -0.25) is 0 Å². The molecule has 1 aliphatic heterocycles. The molecule has 1 N–H and O–H groups in total. The van der Waals surface area contributed by atoms with E-state index in [9.17, 15) is 0 Å². The van der Waals surface area contributed by atoms with E-state index < -0.39 is 0 Å². The number of nitrogens with zero attached hydrogens (tertiary/aromatic N) is 1. The Labute approximate surface area is 127 Å². The molecule has 6 heteroatoms. The molecule has 0 bridgehead atoms. The Bertz CT molecular complexity index is 548. The Morgan fingerprint density at radius 1 is 1.30 bits per heavy atom. The third kappa shape index (κ3) is 3.08. The molecule has 1 unspecified atom stereocenters. The van der Waals surface area contributed by atoms with Crippen LogP contribution in [-0.4, -0.2) is 18.1 Å². The number of rotatable bonds is 4. The van der Waals surface area contributed by atoms with Gasteiger partial charge in [-0.15, -0.1) is 0 Å². The van der Waals surface area contributed by atoms with E-state index in [1.807, 2.05) is 0 Å². The van der Waals surface area contributed by atoms with Gasteiger partial charge in [-0.1, -0.05) is 23.2 Å². The van der Waals surface area contributed by atoms with E-state index in [1.165, 1.54) is 6.39 Å². The fourth-order valence-corrected chi connectivity index (χ4v) is 2.94. The van der Waals surface area contributed by atoms with Gasteiger partial charge in [-0.25, -0.2) is 4.98 Å². The van der Waals surface area contributed by atoms with Crippen LogP contribution in [0.25, 0.3) is 0 Å². The second-order valence-corrected chi connectivity index (χ2v) is 5.67. The van der Waals surface area contributed by atoms with Crippen LogP contribution in [0.15, 0.2) is 35.2 Å². The Morgan fingerprint density at radius 3 is 2.70 bits per heavy atom. The number of ether oxygens (including phenoxy) is 1. The van der Waals surface area contributed by atoms with Crippen molar-refractivity contribution in [1.29, 1.82) is 0 Å². The second kappa shape index (κ2) is 6.04. The molecule has 1 saturated heterocycles. The minimum atomic E-state index is -0.193. The summed E-state index contributed by atoms with van der Waals surface area (Å²) in [6, 6.07) is 5.18. The van der Waals surface area contributed by atoms with Crippen molar-refractivity contribution in [2.75, 3.05) is 13.1 Å². The summed E-state index contributed by atoms with van der Waals surface area (Å²) in [4.78, 5) is 3.97. The number of hydrogen-bond donors (Lipinski definition) is 1. The molecule has 1 aromatic carbocycles. The summed E-state index contributed by atoms with van der Waals surface area (Å²) in [5.41, 5.74) is 0. The van der Waals surface area contributed by atoms with Crippen LogP contribution in [0, 0.1) is 5.92 Å². The standard InChI is InChI=1S/C14H14Cl2N2O2/c15-10-3-11(16)5-12(4-10)20-14(9-1-2-17-6-9)13-7-18-8-19-13/h3-5,7-9,14,17H,1-2,6H2/t9?,14-/m0/s1. The van der Waals surface area contributed by atoms with E-state index in [2.05, 4.69) is 10.3 Å². The summed E-state index contributed by atoms with van der Waals surface area (Å²) in [6.45, 7) is 1.87.